The quantitative estimate of drug-likeness (QED) is 0.360. The van der Waals surface area contributed by atoms with E-state index in [0.29, 0.717) is 6.08 Å². The molecule has 0 aromatic heterocycles. The largest absolute Gasteiger partial charge is 0.509 e. The van der Waals surface area contributed by atoms with Crippen LogP contribution in [0.3, 0.4) is 0 Å². The van der Waals surface area contributed by atoms with E-state index < -0.39 is 11.9 Å². The molecule has 0 aliphatic rings. The van der Waals surface area contributed by atoms with E-state index in [2.05, 4.69) is 11.3 Å². The lowest BCUT2D eigenvalue weighted by Crippen LogP contribution is -2.04. The first-order chi connectivity index (χ1) is 5.52. The number of carbonyl (C=O) groups excluding carboxylic acids is 1. The van der Waals surface area contributed by atoms with E-state index in [1.165, 1.54) is 0 Å². The molecule has 0 heterocycles. The first kappa shape index (κ1) is 10.2. The van der Waals surface area contributed by atoms with Gasteiger partial charge in [0.2, 0.25) is 0 Å². The van der Waals surface area contributed by atoms with Crippen molar-refractivity contribution in [3.63, 3.8) is 0 Å². The summed E-state index contributed by atoms with van der Waals surface area (Å²) >= 11 is 0. The fourth-order valence-corrected chi connectivity index (χ4v) is 0.342. The van der Waals surface area contributed by atoms with E-state index >= 15 is 0 Å². The van der Waals surface area contributed by atoms with Gasteiger partial charge in [0.1, 0.15) is 12.4 Å². The average Bonchev–Trinajstić information content (AvgIpc) is 1.96. The van der Waals surface area contributed by atoms with E-state index in [1.54, 1.807) is 0 Å². The number of rotatable bonds is 4. The fraction of sp³-hybridized carbons (Fsp3) is 0.143. The predicted octanol–water partition coefficient (Wildman–Crippen LogP) is 0.242. The number of aliphatic hydroxyl groups is 1. The molecule has 0 aliphatic heterocycles. The molecule has 5 nitrogen and oxygen atoms in total. The highest BCUT2D eigenvalue weighted by atomic mass is 16.5. The van der Waals surface area contributed by atoms with Crippen molar-refractivity contribution in [1.29, 1.82) is 0 Å². The van der Waals surface area contributed by atoms with Gasteiger partial charge in [0.05, 0.1) is 0 Å². The maximum Gasteiger partial charge on any atom is 0.331 e. The van der Waals surface area contributed by atoms with Crippen LogP contribution in [0.2, 0.25) is 0 Å². The van der Waals surface area contributed by atoms with Crippen LogP contribution in [0.15, 0.2) is 24.5 Å². The van der Waals surface area contributed by atoms with Crippen LogP contribution in [0, 0.1) is 0 Å². The Bertz CT molecular complexity index is 228. The number of aliphatic carboxylic acids is 1. The monoisotopic (exact) mass is 172 g/mol. The van der Waals surface area contributed by atoms with Crippen LogP contribution < -0.4 is 0 Å². The SMILES string of the molecule is C=C(O)COC(=O)/C=C/C(=O)O. The predicted molar refractivity (Wildman–Crippen MR) is 39.5 cm³/mol. The van der Waals surface area contributed by atoms with Crippen molar-refractivity contribution in [2.75, 3.05) is 6.61 Å². The third-order valence-electron chi connectivity index (χ3n) is 0.743. The second kappa shape index (κ2) is 4.95. The number of ether oxygens (including phenoxy) is 1. The maximum atomic E-state index is 10.5. The Morgan fingerprint density at radius 1 is 1.33 bits per heavy atom. The van der Waals surface area contributed by atoms with Gasteiger partial charge in [0.15, 0.2) is 0 Å². The zero-order valence-electron chi connectivity index (χ0n) is 6.19. The van der Waals surface area contributed by atoms with Crippen molar-refractivity contribution < 1.29 is 24.5 Å². The Kier molecular flexibility index (Phi) is 4.21. The molecule has 5 heteroatoms. The van der Waals surface area contributed by atoms with Crippen molar-refractivity contribution in [2.45, 2.75) is 0 Å². The molecule has 0 rings (SSSR count). The maximum absolute atomic E-state index is 10.5. The molecule has 0 unspecified atom stereocenters. The Balaban J connectivity index is 3.75. The third kappa shape index (κ3) is 6.34. The molecule has 0 aliphatic carbocycles. The van der Waals surface area contributed by atoms with E-state index in [1.807, 2.05) is 0 Å². The van der Waals surface area contributed by atoms with Crippen molar-refractivity contribution in [1.82, 2.24) is 0 Å². The summed E-state index contributed by atoms with van der Waals surface area (Å²) in [4.78, 5) is 20.4. The number of hydrogen-bond donors (Lipinski definition) is 2. The zero-order valence-corrected chi connectivity index (χ0v) is 6.19. The molecular weight excluding hydrogens is 164 g/mol. The molecule has 0 bridgehead atoms. The Morgan fingerprint density at radius 3 is 2.33 bits per heavy atom. The van der Waals surface area contributed by atoms with Crippen molar-refractivity contribution >= 4 is 11.9 Å². The van der Waals surface area contributed by atoms with Gasteiger partial charge < -0.3 is 14.9 Å². The Hall–Kier alpha value is -1.78. The van der Waals surface area contributed by atoms with E-state index in [9.17, 15) is 9.59 Å². The molecule has 0 fully saturated rings. The molecule has 0 saturated heterocycles. The van der Waals surface area contributed by atoms with Gasteiger partial charge in [0, 0.05) is 12.2 Å². The number of carboxylic acid groups (broad SMARTS) is 1. The number of carbonyl (C=O) groups is 2. The molecule has 0 radical (unpaired) electrons. The van der Waals surface area contributed by atoms with Crippen molar-refractivity contribution in [3.8, 4) is 0 Å². The summed E-state index contributed by atoms with van der Waals surface area (Å²) in [6, 6.07) is 0. The van der Waals surface area contributed by atoms with Crippen molar-refractivity contribution in [2.24, 2.45) is 0 Å². The highest BCUT2D eigenvalue weighted by Gasteiger charge is 1.98. The summed E-state index contributed by atoms with van der Waals surface area (Å²) < 4.78 is 4.32. The molecule has 0 aromatic rings. The third-order valence-corrected chi connectivity index (χ3v) is 0.743. The topological polar surface area (TPSA) is 83.8 Å². The second-order valence-electron chi connectivity index (χ2n) is 1.85. The molecule has 0 spiro atoms. The molecule has 66 valence electrons. The molecule has 0 atom stereocenters. The van der Waals surface area contributed by atoms with E-state index in [4.69, 9.17) is 10.2 Å². The summed E-state index contributed by atoms with van der Waals surface area (Å²) in [6.45, 7) is 2.73. The minimum absolute atomic E-state index is 0.299. The molecule has 0 saturated carbocycles. The number of hydrogen-bond acceptors (Lipinski definition) is 4. The van der Waals surface area contributed by atoms with Gasteiger partial charge >= 0.3 is 11.9 Å². The summed E-state index contributed by atoms with van der Waals surface area (Å²) in [7, 11) is 0. The lowest BCUT2D eigenvalue weighted by Gasteiger charge is -1.97. The molecule has 0 amide bonds. The van der Waals surface area contributed by atoms with Gasteiger partial charge in [-0.2, -0.15) is 0 Å². The van der Waals surface area contributed by atoms with Gasteiger partial charge in [-0.3, -0.25) is 0 Å². The van der Waals surface area contributed by atoms with Crippen LogP contribution in [0.25, 0.3) is 0 Å². The van der Waals surface area contributed by atoms with Gasteiger partial charge in [-0.25, -0.2) is 9.59 Å². The number of esters is 1. The Labute approximate surface area is 68.6 Å². The van der Waals surface area contributed by atoms with Gasteiger partial charge in [0.25, 0.3) is 0 Å². The van der Waals surface area contributed by atoms with Crippen molar-refractivity contribution in [3.05, 3.63) is 24.5 Å². The summed E-state index contributed by atoms with van der Waals surface area (Å²) in [5.74, 6) is -2.38. The minimum Gasteiger partial charge on any atom is -0.509 e. The van der Waals surface area contributed by atoms with E-state index in [-0.39, 0.29) is 12.4 Å². The smallest absolute Gasteiger partial charge is 0.331 e. The summed E-state index contributed by atoms with van der Waals surface area (Å²) in [5, 5.41) is 16.5. The first-order valence-corrected chi connectivity index (χ1v) is 2.97. The van der Waals surface area contributed by atoms with E-state index in [0.717, 1.165) is 6.08 Å². The second-order valence-corrected chi connectivity index (χ2v) is 1.85. The molecule has 0 aromatic carbocycles. The Morgan fingerprint density at radius 2 is 1.92 bits per heavy atom. The fourth-order valence-electron chi connectivity index (χ4n) is 0.342. The number of carboxylic acids is 1. The first-order valence-electron chi connectivity index (χ1n) is 2.97. The standard InChI is InChI=1S/C7H8O5/c1-5(8)4-12-7(11)3-2-6(9)10/h2-3,8H,1,4H2,(H,9,10)/b3-2+. The van der Waals surface area contributed by atoms with Crippen LogP contribution in [-0.2, 0) is 14.3 Å². The van der Waals surface area contributed by atoms with Gasteiger partial charge in [-0.1, -0.05) is 6.58 Å². The normalized spacial score (nSPS) is 9.67. The summed E-state index contributed by atoms with van der Waals surface area (Å²) in [6.07, 6.45) is 1.38. The lowest BCUT2D eigenvalue weighted by molar-refractivity contribution is -0.138. The molecule has 2 N–H and O–H groups in total. The lowest BCUT2D eigenvalue weighted by atomic mass is 10.5. The average molecular weight is 172 g/mol. The van der Waals surface area contributed by atoms with Crippen LogP contribution in [0.4, 0.5) is 0 Å². The van der Waals surface area contributed by atoms with Gasteiger partial charge in [-0.05, 0) is 0 Å². The molecular formula is C7H8O5. The van der Waals surface area contributed by atoms with Crippen LogP contribution in [0.1, 0.15) is 0 Å². The zero-order chi connectivity index (χ0) is 9.56. The van der Waals surface area contributed by atoms with Crippen LogP contribution >= 0.6 is 0 Å². The van der Waals surface area contributed by atoms with Gasteiger partial charge in [-0.15, -0.1) is 0 Å². The molecule has 12 heavy (non-hydrogen) atoms. The van der Waals surface area contributed by atoms with Crippen LogP contribution in [-0.4, -0.2) is 28.8 Å². The number of aliphatic hydroxyl groups excluding tert-OH is 1. The van der Waals surface area contributed by atoms with Crippen LogP contribution in [0.5, 0.6) is 0 Å². The highest BCUT2D eigenvalue weighted by molar-refractivity contribution is 5.90. The minimum atomic E-state index is -1.24. The summed E-state index contributed by atoms with van der Waals surface area (Å²) in [5.41, 5.74) is 0. The highest BCUT2D eigenvalue weighted by Crippen LogP contribution is 1.87.